The number of halogens is 1. The summed E-state index contributed by atoms with van der Waals surface area (Å²) in [7, 11) is -3.61. The molecule has 3 fully saturated rings. The quantitative estimate of drug-likeness (QED) is 0.418. The fourth-order valence-corrected chi connectivity index (χ4v) is 6.55. The molecule has 14 heteroatoms. The van der Waals surface area contributed by atoms with Gasteiger partial charge in [-0.1, -0.05) is 11.6 Å². The zero-order valence-electron chi connectivity index (χ0n) is 22.9. The largest absolute Gasteiger partial charge is 0.396 e. The van der Waals surface area contributed by atoms with Crippen LogP contribution < -0.4 is 14.5 Å². The molecule has 1 aromatic carbocycles. The summed E-state index contributed by atoms with van der Waals surface area (Å²) in [6.45, 7) is 4.86. The molecule has 6 rings (SSSR count). The molecule has 0 spiro atoms. The summed E-state index contributed by atoms with van der Waals surface area (Å²) < 4.78 is 33.9. The van der Waals surface area contributed by atoms with Crippen molar-refractivity contribution in [2.45, 2.75) is 25.3 Å². The third-order valence-electron chi connectivity index (χ3n) is 7.90. The number of anilines is 3. The molecule has 0 aliphatic carbocycles. The molecule has 12 nitrogen and oxygen atoms in total. The van der Waals surface area contributed by atoms with Crippen molar-refractivity contribution in [3.63, 3.8) is 0 Å². The lowest BCUT2D eigenvalue weighted by Gasteiger charge is -2.39. The number of rotatable bonds is 7. The molecule has 1 amide bonds. The van der Waals surface area contributed by atoms with E-state index in [0.717, 1.165) is 69.0 Å². The first-order chi connectivity index (χ1) is 19.7. The number of hydrogen-bond acceptors (Lipinski definition) is 9. The Bertz CT molecular complexity index is 1550. The lowest BCUT2D eigenvalue weighted by molar-refractivity contribution is 0.0607. The Labute approximate surface area is 243 Å². The van der Waals surface area contributed by atoms with Crippen LogP contribution in [-0.4, -0.2) is 97.7 Å². The van der Waals surface area contributed by atoms with Crippen molar-refractivity contribution in [1.82, 2.24) is 19.5 Å². The van der Waals surface area contributed by atoms with Crippen LogP contribution in [0, 0.1) is 5.92 Å². The third kappa shape index (κ3) is 5.81. The van der Waals surface area contributed by atoms with Gasteiger partial charge in [-0.05, 0) is 37.5 Å². The van der Waals surface area contributed by atoms with Crippen molar-refractivity contribution in [1.29, 1.82) is 0 Å². The van der Waals surface area contributed by atoms with Gasteiger partial charge in [-0.15, -0.1) is 0 Å². The molecular formula is C27H34ClN7O5S. The van der Waals surface area contributed by atoms with Crippen LogP contribution in [-0.2, 0) is 14.8 Å². The minimum absolute atomic E-state index is 0.158. The van der Waals surface area contributed by atoms with Crippen molar-refractivity contribution < 1.29 is 23.1 Å². The number of piperidine rings is 1. The number of likely N-dealkylation sites (tertiary alicyclic amines) is 1. The van der Waals surface area contributed by atoms with E-state index in [1.165, 1.54) is 12.1 Å². The van der Waals surface area contributed by atoms with E-state index in [1.54, 1.807) is 11.0 Å². The molecular weight excluding hydrogens is 570 g/mol. The maximum atomic E-state index is 14.0. The number of aliphatic hydroxyl groups is 1. The van der Waals surface area contributed by atoms with Crippen LogP contribution >= 0.6 is 11.6 Å². The molecule has 220 valence electrons. The van der Waals surface area contributed by atoms with E-state index >= 15 is 0 Å². The van der Waals surface area contributed by atoms with Crippen molar-refractivity contribution in [3.8, 4) is 0 Å². The third-order valence-corrected chi connectivity index (χ3v) is 8.73. The number of aliphatic hydroxyl groups excluding tert-OH is 1. The van der Waals surface area contributed by atoms with Gasteiger partial charge in [0.15, 0.2) is 5.65 Å². The number of hydrogen-bond donors (Lipinski definition) is 2. The number of carbonyl (C=O) groups is 1. The van der Waals surface area contributed by atoms with Crippen LogP contribution in [0.1, 0.15) is 41.4 Å². The summed E-state index contributed by atoms with van der Waals surface area (Å²) in [6, 6.07) is 8.25. The van der Waals surface area contributed by atoms with E-state index in [1.807, 2.05) is 16.6 Å². The second-order valence-electron chi connectivity index (χ2n) is 10.9. The summed E-state index contributed by atoms with van der Waals surface area (Å²) in [5.74, 6) is 1.69. The van der Waals surface area contributed by atoms with Crippen LogP contribution in [0.2, 0.25) is 5.02 Å². The topological polar surface area (TPSA) is 133 Å². The molecule has 0 saturated carbocycles. The Morgan fingerprint density at radius 1 is 1.12 bits per heavy atom. The van der Waals surface area contributed by atoms with Gasteiger partial charge in [0.25, 0.3) is 5.91 Å². The number of nitrogens with zero attached hydrogens (tertiary/aromatic N) is 6. The SMILES string of the molecule is CS(=O)(=O)Nc1ccc(Cl)cc1C(=O)N1CCCCC1c1cc2nc(N3CC(CO)C3)cc(N3CCOCC3)n2n1. The molecule has 5 heterocycles. The Kier molecular flexibility index (Phi) is 7.70. The van der Waals surface area contributed by atoms with E-state index in [-0.39, 0.29) is 35.7 Å². The number of nitrogens with one attached hydrogen (secondary N) is 1. The zero-order chi connectivity index (χ0) is 28.7. The minimum atomic E-state index is -3.61. The highest BCUT2D eigenvalue weighted by Crippen LogP contribution is 2.36. The van der Waals surface area contributed by atoms with Gasteiger partial charge in [-0.25, -0.2) is 13.4 Å². The second-order valence-corrected chi connectivity index (χ2v) is 13.1. The number of benzene rings is 1. The zero-order valence-corrected chi connectivity index (χ0v) is 24.4. The van der Waals surface area contributed by atoms with E-state index in [4.69, 9.17) is 26.4 Å². The van der Waals surface area contributed by atoms with Gasteiger partial charge >= 0.3 is 0 Å². The minimum Gasteiger partial charge on any atom is -0.396 e. The van der Waals surface area contributed by atoms with Gasteiger partial charge in [0, 0.05) is 62.4 Å². The summed E-state index contributed by atoms with van der Waals surface area (Å²) in [5, 5.41) is 14.8. The summed E-state index contributed by atoms with van der Waals surface area (Å²) in [6.07, 6.45) is 3.52. The molecule has 41 heavy (non-hydrogen) atoms. The Balaban J connectivity index is 1.37. The number of fused-ring (bicyclic) bond motifs is 1. The number of morpholine rings is 1. The summed E-state index contributed by atoms with van der Waals surface area (Å²) >= 11 is 6.24. The molecule has 0 radical (unpaired) electrons. The van der Waals surface area contributed by atoms with Crippen molar-refractivity contribution >= 4 is 50.5 Å². The normalized spacial score (nSPS) is 20.4. The summed E-state index contributed by atoms with van der Waals surface area (Å²) in [5.41, 5.74) is 1.81. The number of carbonyl (C=O) groups excluding carboxylic acids is 1. The van der Waals surface area contributed by atoms with Crippen LogP contribution in [0.25, 0.3) is 5.65 Å². The van der Waals surface area contributed by atoms with E-state index in [9.17, 15) is 18.3 Å². The molecule has 3 aromatic rings. The average molecular weight is 604 g/mol. The number of ether oxygens (including phenoxy) is 1. The van der Waals surface area contributed by atoms with Crippen LogP contribution in [0.3, 0.4) is 0 Å². The fourth-order valence-electron chi connectivity index (χ4n) is 5.80. The lowest BCUT2D eigenvalue weighted by Crippen LogP contribution is -2.49. The molecule has 0 bridgehead atoms. The maximum absolute atomic E-state index is 14.0. The van der Waals surface area contributed by atoms with Gasteiger partial charge in [0.05, 0.1) is 42.5 Å². The second kappa shape index (κ2) is 11.3. The molecule has 3 saturated heterocycles. The van der Waals surface area contributed by atoms with E-state index < -0.39 is 10.0 Å². The van der Waals surface area contributed by atoms with E-state index in [0.29, 0.717) is 30.4 Å². The van der Waals surface area contributed by atoms with Crippen molar-refractivity contribution in [2.75, 3.05) is 73.3 Å². The predicted molar refractivity (Wildman–Crippen MR) is 156 cm³/mol. The fraction of sp³-hybridized carbons (Fsp3) is 0.519. The van der Waals surface area contributed by atoms with Gasteiger partial charge in [0.1, 0.15) is 11.6 Å². The molecule has 3 aliphatic rings. The first-order valence-electron chi connectivity index (χ1n) is 13.9. The van der Waals surface area contributed by atoms with Gasteiger partial charge in [-0.2, -0.15) is 9.61 Å². The van der Waals surface area contributed by atoms with Crippen molar-refractivity contribution in [3.05, 3.63) is 46.6 Å². The number of aromatic nitrogens is 3. The number of amides is 1. The highest BCUT2D eigenvalue weighted by atomic mass is 35.5. The predicted octanol–water partition coefficient (Wildman–Crippen LogP) is 2.39. The molecule has 2 aromatic heterocycles. The standard InChI is InChI=1S/C27H34ClN7O5S/c1-41(38,39)31-21-6-5-19(28)12-20(21)27(37)34-7-3-2-4-23(34)22-13-25-29-24(33-15-18(16-33)17-36)14-26(35(25)30-22)32-8-10-40-11-9-32/h5-6,12-14,18,23,31,36H,2-4,7-11,15-17H2,1H3. The van der Waals surface area contributed by atoms with Gasteiger partial charge in [0.2, 0.25) is 10.0 Å². The first kappa shape index (κ1) is 28.0. The Hall–Kier alpha value is -3.13. The molecule has 3 aliphatic heterocycles. The highest BCUT2D eigenvalue weighted by molar-refractivity contribution is 7.92. The Morgan fingerprint density at radius 3 is 2.63 bits per heavy atom. The molecule has 1 unspecified atom stereocenters. The summed E-state index contributed by atoms with van der Waals surface area (Å²) in [4.78, 5) is 25.0. The average Bonchev–Trinajstić information content (AvgIpc) is 3.36. The molecule has 1 atom stereocenters. The van der Waals surface area contributed by atoms with Crippen LogP contribution in [0.5, 0.6) is 0 Å². The molecule has 2 N–H and O–H groups in total. The first-order valence-corrected chi connectivity index (χ1v) is 16.1. The van der Waals surface area contributed by atoms with Crippen LogP contribution in [0.4, 0.5) is 17.3 Å². The van der Waals surface area contributed by atoms with Crippen molar-refractivity contribution in [2.24, 2.45) is 5.92 Å². The van der Waals surface area contributed by atoms with Gasteiger partial charge in [-0.3, -0.25) is 9.52 Å². The smallest absolute Gasteiger partial charge is 0.256 e. The van der Waals surface area contributed by atoms with Gasteiger partial charge < -0.3 is 24.5 Å². The Morgan fingerprint density at radius 2 is 1.90 bits per heavy atom. The lowest BCUT2D eigenvalue weighted by atomic mass is 9.98. The highest BCUT2D eigenvalue weighted by Gasteiger charge is 2.34. The monoisotopic (exact) mass is 603 g/mol. The maximum Gasteiger partial charge on any atom is 0.256 e. The van der Waals surface area contributed by atoms with E-state index in [2.05, 4.69) is 14.5 Å². The van der Waals surface area contributed by atoms with Crippen LogP contribution in [0.15, 0.2) is 30.3 Å². The number of sulfonamides is 1.